The van der Waals surface area contributed by atoms with Gasteiger partial charge in [-0.15, -0.1) is 0 Å². The highest BCUT2D eigenvalue weighted by atomic mass is 16.3. The molecule has 0 bridgehead atoms. The second-order valence-electron chi connectivity index (χ2n) is 5.68. The zero-order valence-electron chi connectivity index (χ0n) is 13.1. The second kappa shape index (κ2) is 7.25. The van der Waals surface area contributed by atoms with E-state index >= 15 is 0 Å². The molecule has 0 radical (unpaired) electrons. The zero-order valence-corrected chi connectivity index (χ0v) is 13.1. The largest absolute Gasteiger partial charge is 0.440 e. The topological polar surface area (TPSA) is 55.1 Å². The Labute approximate surface area is 125 Å². The van der Waals surface area contributed by atoms with Crippen molar-refractivity contribution in [3.8, 4) is 0 Å². The number of benzene rings is 1. The number of hydrogen-bond donors (Lipinski definition) is 1. The summed E-state index contributed by atoms with van der Waals surface area (Å²) in [6, 6.07) is 6.07. The van der Waals surface area contributed by atoms with Crippen LogP contribution < -0.4 is 5.32 Å². The van der Waals surface area contributed by atoms with E-state index in [1.807, 2.05) is 19.1 Å². The van der Waals surface area contributed by atoms with Crippen molar-refractivity contribution in [3.05, 3.63) is 29.7 Å². The smallest absolute Gasteiger partial charge is 0.219 e. The summed E-state index contributed by atoms with van der Waals surface area (Å²) >= 11 is 0. The van der Waals surface area contributed by atoms with Gasteiger partial charge in [0.1, 0.15) is 5.52 Å². The van der Waals surface area contributed by atoms with Gasteiger partial charge < -0.3 is 9.73 Å². The van der Waals surface area contributed by atoms with Gasteiger partial charge in [0, 0.05) is 18.9 Å². The highest BCUT2D eigenvalue weighted by molar-refractivity contribution is 5.77. The molecule has 1 amide bonds. The lowest BCUT2D eigenvalue weighted by atomic mass is 10.1. The third-order valence-corrected chi connectivity index (χ3v) is 3.43. The van der Waals surface area contributed by atoms with Gasteiger partial charge in [-0.2, -0.15) is 0 Å². The maximum Gasteiger partial charge on any atom is 0.219 e. The van der Waals surface area contributed by atoms with Crippen molar-refractivity contribution in [1.82, 2.24) is 10.3 Å². The molecular weight excluding hydrogens is 264 g/mol. The van der Waals surface area contributed by atoms with E-state index in [0.717, 1.165) is 41.8 Å². The van der Waals surface area contributed by atoms with Crippen LogP contribution in [0.4, 0.5) is 0 Å². The highest BCUT2D eigenvalue weighted by Gasteiger charge is 2.12. The number of amides is 1. The van der Waals surface area contributed by atoms with E-state index in [1.165, 1.54) is 0 Å². The minimum absolute atomic E-state index is 0.137. The van der Waals surface area contributed by atoms with E-state index in [1.54, 1.807) is 0 Å². The van der Waals surface area contributed by atoms with Crippen LogP contribution in [0.25, 0.3) is 11.1 Å². The van der Waals surface area contributed by atoms with Crippen LogP contribution >= 0.6 is 0 Å². The number of rotatable bonds is 7. The monoisotopic (exact) mass is 288 g/mol. The summed E-state index contributed by atoms with van der Waals surface area (Å²) in [5.41, 5.74) is 2.98. The molecule has 21 heavy (non-hydrogen) atoms. The van der Waals surface area contributed by atoms with Gasteiger partial charge in [-0.05, 0) is 30.9 Å². The number of hydrogen-bond acceptors (Lipinski definition) is 3. The lowest BCUT2D eigenvalue weighted by Gasteiger charge is -2.04. The number of carbonyl (C=O) groups is 1. The van der Waals surface area contributed by atoms with Gasteiger partial charge >= 0.3 is 0 Å². The number of aromatic nitrogens is 1. The van der Waals surface area contributed by atoms with Gasteiger partial charge in [-0.1, -0.05) is 32.9 Å². The van der Waals surface area contributed by atoms with Crippen LogP contribution in [0, 0.1) is 0 Å². The first kappa shape index (κ1) is 15.5. The Balaban J connectivity index is 1.97. The Morgan fingerprint density at radius 1 is 1.38 bits per heavy atom. The molecule has 0 spiro atoms. The molecule has 0 saturated heterocycles. The summed E-state index contributed by atoms with van der Waals surface area (Å²) in [5.74, 6) is 1.21. The van der Waals surface area contributed by atoms with Gasteiger partial charge in [0.05, 0.1) is 0 Å². The molecule has 1 aromatic heterocycles. The molecule has 4 heteroatoms. The molecule has 0 aliphatic heterocycles. The summed E-state index contributed by atoms with van der Waals surface area (Å²) in [5, 5.41) is 2.94. The third-order valence-electron chi connectivity index (χ3n) is 3.43. The van der Waals surface area contributed by atoms with Crippen LogP contribution in [0.3, 0.4) is 0 Å². The van der Waals surface area contributed by atoms with E-state index in [0.29, 0.717) is 18.9 Å². The van der Waals surface area contributed by atoms with Gasteiger partial charge in [0.15, 0.2) is 11.5 Å². The molecule has 0 atom stereocenters. The van der Waals surface area contributed by atoms with Gasteiger partial charge in [-0.25, -0.2) is 4.98 Å². The van der Waals surface area contributed by atoms with Crippen molar-refractivity contribution in [2.24, 2.45) is 0 Å². The number of nitrogens with zero attached hydrogens (tertiary/aromatic N) is 1. The van der Waals surface area contributed by atoms with Crippen molar-refractivity contribution >= 4 is 17.0 Å². The Hall–Kier alpha value is -1.84. The quantitative estimate of drug-likeness (QED) is 0.788. The normalized spacial score (nSPS) is 11.2. The molecule has 0 unspecified atom stereocenters. The van der Waals surface area contributed by atoms with E-state index in [4.69, 9.17) is 4.42 Å². The maximum atomic E-state index is 11.4. The lowest BCUT2D eigenvalue weighted by Crippen LogP contribution is -2.24. The molecule has 0 aliphatic carbocycles. The molecule has 1 aromatic carbocycles. The van der Waals surface area contributed by atoms with Crippen LogP contribution in [0.15, 0.2) is 22.6 Å². The molecule has 0 aliphatic rings. The fourth-order valence-corrected chi connectivity index (χ4v) is 2.29. The molecule has 114 valence electrons. The zero-order chi connectivity index (χ0) is 15.2. The molecular formula is C17H24N2O2. The number of nitrogens with one attached hydrogen (secondary N) is 1. The van der Waals surface area contributed by atoms with Gasteiger partial charge in [0.25, 0.3) is 0 Å². The average Bonchev–Trinajstić information content (AvgIpc) is 2.89. The fourth-order valence-electron chi connectivity index (χ4n) is 2.29. The molecule has 2 aromatic rings. The van der Waals surface area contributed by atoms with E-state index < -0.39 is 0 Å². The first-order chi connectivity index (χ1) is 10.1. The molecule has 2 rings (SSSR count). The summed E-state index contributed by atoms with van der Waals surface area (Å²) in [6.45, 7) is 6.87. The van der Waals surface area contributed by atoms with Crippen molar-refractivity contribution in [3.63, 3.8) is 0 Å². The Morgan fingerprint density at radius 2 is 2.19 bits per heavy atom. The average molecular weight is 288 g/mol. The lowest BCUT2D eigenvalue weighted by molar-refractivity contribution is -0.121. The minimum Gasteiger partial charge on any atom is -0.440 e. The molecule has 0 saturated carbocycles. The van der Waals surface area contributed by atoms with E-state index in [9.17, 15) is 4.79 Å². The minimum atomic E-state index is 0.137. The summed E-state index contributed by atoms with van der Waals surface area (Å²) in [7, 11) is 0. The molecule has 1 N–H and O–H groups in total. The van der Waals surface area contributed by atoms with E-state index in [-0.39, 0.29) is 5.91 Å². The van der Waals surface area contributed by atoms with Crippen LogP contribution in [-0.4, -0.2) is 17.4 Å². The van der Waals surface area contributed by atoms with Crippen molar-refractivity contribution < 1.29 is 9.21 Å². The van der Waals surface area contributed by atoms with Crippen LogP contribution in [-0.2, 0) is 11.2 Å². The third kappa shape index (κ3) is 4.06. The number of fused-ring (bicyclic) bond motifs is 1. The van der Waals surface area contributed by atoms with Crippen molar-refractivity contribution in [2.45, 2.75) is 52.4 Å². The Morgan fingerprint density at radius 3 is 2.90 bits per heavy atom. The van der Waals surface area contributed by atoms with Crippen LogP contribution in [0.5, 0.6) is 0 Å². The number of aryl methyl sites for hydroxylation is 1. The van der Waals surface area contributed by atoms with Gasteiger partial charge in [-0.3, -0.25) is 4.79 Å². The van der Waals surface area contributed by atoms with Crippen molar-refractivity contribution in [1.29, 1.82) is 0 Å². The molecule has 0 fully saturated rings. The predicted octanol–water partition coefficient (Wildman–Crippen LogP) is 3.80. The number of oxazole rings is 1. The fraction of sp³-hybridized carbons (Fsp3) is 0.529. The predicted molar refractivity (Wildman–Crippen MR) is 84.3 cm³/mol. The van der Waals surface area contributed by atoms with Gasteiger partial charge in [0.2, 0.25) is 5.91 Å². The molecule has 1 heterocycles. The van der Waals surface area contributed by atoms with Crippen molar-refractivity contribution in [2.75, 3.05) is 6.54 Å². The highest BCUT2D eigenvalue weighted by Crippen LogP contribution is 2.24. The number of para-hydroxylation sites is 1. The first-order valence-electron chi connectivity index (χ1n) is 7.76. The van der Waals surface area contributed by atoms with E-state index in [2.05, 4.69) is 30.2 Å². The summed E-state index contributed by atoms with van der Waals surface area (Å²) < 4.78 is 5.88. The first-order valence-corrected chi connectivity index (χ1v) is 7.76. The standard InChI is InChI=1S/C17H24N2O2/c1-4-7-15(20)18-11-6-9-13-8-5-10-14-16(13)21-17(19-14)12(2)3/h5,8,10,12H,4,6-7,9,11H2,1-3H3,(H,18,20). The summed E-state index contributed by atoms with van der Waals surface area (Å²) in [6.07, 6.45) is 3.29. The Kier molecular flexibility index (Phi) is 5.37. The molecule has 4 nitrogen and oxygen atoms in total. The maximum absolute atomic E-state index is 11.4. The van der Waals surface area contributed by atoms with Crippen LogP contribution in [0.2, 0.25) is 0 Å². The second-order valence-corrected chi connectivity index (χ2v) is 5.68. The SMILES string of the molecule is CCCC(=O)NCCCc1cccc2nc(C(C)C)oc12. The number of carbonyl (C=O) groups excluding carboxylic acids is 1. The van der Waals surface area contributed by atoms with Crippen LogP contribution in [0.1, 0.15) is 57.4 Å². The summed E-state index contributed by atoms with van der Waals surface area (Å²) in [4.78, 5) is 15.9. The Bertz CT molecular complexity index is 602.